The van der Waals surface area contributed by atoms with E-state index in [9.17, 15) is 0 Å². The molecule has 0 radical (unpaired) electrons. The molecule has 0 saturated heterocycles. The summed E-state index contributed by atoms with van der Waals surface area (Å²) in [6.07, 6.45) is 3.12. The molecule has 0 aliphatic heterocycles. The minimum absolute atomic E-state index is 0. The Bertz CT molecular complexity index is 1090. The molecule has 0 bridgehead atoms. The van der Waals surface area contributed by atoms with Gasteiger partial charge in [-0.15, -0.1) is 65.7 Å². The van der Waals surface area contributed by atoms with Crippen molar-refractivity contribution in [2.45, 2.75) is 0 Å². The van der Waals surface area contributed by atoms with Gasteiger partial charge in [0.15, 0.2) is 0 Å². The maximum atomic E-state index is 3.25. The Hall–Kier alpha value is -3.46. The first-order valence-corrected chi connectivity index (χ1v) is 10.5. The quantitative estimate of drug-likeness (QED) is 0.175. The van der Waals surface area contributed by atoms with Gasteiger partial charge in [0.25, 0.3) is 0 Å². The molecule has 0 saturated carbocycles. The predicted octanol–water partition coefficient (Wildman–Crippen LogP) is 7.89. The van der Waals surface area contributed by atoms with Crippen LogP contribution in [0.5, 0.6) is 0 Å². The minimum atomic E-state index is 0. The van der Waals surface area contributed by atoms with Gasteiger partial charge in [-0.1, -0.05) is 53.6 Å². The summed E-state index contributed by atoms with van der Waals surface area (Å²) in [5, 5.41) is 0. The predicted molar refractivity (Wildman–Crippen MR) is 134 cm³/mol. The molecule has 0 atom stereocenters. The van der Waals surface area contributed by atoms with E-state index < -0.39 is 0 Å². The van der Waals surface area contributed by atoms with Crippen LogP contribution in [0, 0.1) is 12.1 Å². The van der Waals surface area contributed by atoms with Gasteiger partial charge in [0.1, 0.15) is 0 Å². The van der Waals surface area contributed by atoms with Crippen LogP contribution in [-0.4, -0.2) is 0 Å². The van der Waals surface area contributed by atoms with Gasteiger partial charge in [-0.25, -0.2) is 17.9 Å². The largest absolute Gasteiger partial charge is 0.748 e. The van der Waals surface area contributed by atoms with E-state index in [4.69, 9.17) is 0 Å². The molecular weight excluding hydrogens is 476 g/mol. The van der Waals surface area contributed by atoms with Gasteiger partial charge >= 0.3 is 0 Å². The molecule has 0 N–H and O–H groups in total. The fraction of sp³-hybridized carbons (Fsp3) is 0. The Morgan fingerprint density at radius 1 is 0.667 bits per heavy atom. The van der Waals surface area contributed by atoms with E-state index >= 15 is 0 Å². The minimum Gasteiger partial charge on any atom is -0.748 e. The van der Waals surface area contributed by atoms with Crippen molar-refractivity contribution in [1.29, 1.82) is 0 Å². The Morgan fingerprint density at radius 3 is 1.76 bits per heavy atom. The van der Waals surface area contributed by atoms with E-state index in [0.717, 1.165) is 22.3 Å². The van der Waals surface area contributed by atoms with E-state index in [-0.39, 0.29) is 26.2 Å². The molecule has 164 valence electrons. The van der Waals surface area contributed by atoms with Crippen LogP contribution < -0.4 is 0 Å². The van der Waals surface area contributed by atoms with Crippen LogP contribution in [0.15, 0.2) is 157 Å². The van der Waals surface area contributed by atoms with Crippen molar-refractivity contribution in [3.63, 3.8) is 0 Å². The van der Waals surface area contributed by atoms with Gasteiger partial charge < -0.3 is 30.3 Å². The Labute approximate surface area is 216 Å². The third-order valence-electron chi connectivity index (χ3n) is 4.32. The molecule has 0 nitrogen and oxygen atoms in total. The third kappa shape index (κ3) is 10.1. The van der Waals surface area contributed by atoms with Crippen molar-refractivity contribution in [2.24, 2.45) is 0 Å². The molecule has 33 heavy (non-hydrogen) atoms. The number of hydrogen-bond donors (Lipinski definition) is 0. The van der Waals surface area contributed by atoms with Crippen LogP contribution in [-0.2, 0) is 26.2 Å². The second kappa shape index (κ2) is 16.2. The Morgan fingerprint density at radius 2 is 1.24 bits per heavy atom. The topological polar surface area (TPSA) is 0 Å². The van der Waals surface area contributed by atoms with Crippen molar-refractivity contribution in [2.75, 3.05) is 0 Å². The van der Waals surface area contributed by atoms with E-state index in [1.807, 2.05) is 133 Å². The van der Waals surface area contributed by atoms with Gasteiger partial charge in [-0.2, -0.15) is 23.9 Å². The van der Waals surface area contributed by atoms with Crippen LogP contribution in [0.3, 0.4) is 0 Å². The summed E-state index contributed by atoms with van der Waals surface area (Å²) in [7, 11) is 0. The van der Waals surface area contributed by atoms with Crippen molar-refractivity contribution in [1.82, 2.24) is 0 Å². The molecule has 5 aromatic rings. The number of benzene rings is 3. The van der Waals surface area contributed by atoms with Crippen molar-refractivity contribution >= 4 is 5.57 Å². The second-order valence-corrected chi connectivity index (χ2v) is 6.68. The van der Waals surface area contributed by atoms with Gasteiger partial charge in [0.05, 0.1) is 0 Å². The van der Waals surface area contributed by atoms with E-state index in [0.29, 0.717) is 0 Å². The van der Waals surface area contributed by atoms with E-state index in [1.165, 1.54) is 0 Å². The number of hydrogen-bond acceptors (Lipinski definition) is 0. The summed E-state index contributed by atoms with van der Waals surface area (Å²) in [6, 6.07) is 51.2. The second-order valence-electron chi connectivity index (χ2n) is 6.68. The maximum absolute atomic E-state index is 3.25. The van der Waals surface area contributed by atoms with Crippen LogP contribution in [0.2, 0.25) is 0 Å². The molecule has 0 amide bonds. The van der Waals surface area contributed by atoms with E-state index in [1.54, 1.807) is 0 Å². The normalized spacial score (nSPS) is 8.73. The average Bonchev–Trinajstić information content (AvgIpc) is 3.63. The molecule has 0 fully saturated rings. The van der Waals surface area contributed by atoms with Crippen molar-refractivity contribution in [3.05, 3.63) is 186 Å². The summed E-state index contributed by atoms with van der Waals surface area (Å²) in [4.78, 5) is 0. The monoisotopic (exact) mass is 498 g/mol. The fourth-order valence-corrected chi connectivity index (χ4v) is 2.78. The molecule has 0 spiro atoms. The standard InChI is InChI=1S/C22H14.2C5H5.Zr/c1-4-11-19(12-5-1)13-10-18-22(20-14-6-2-7-15-20)21-16-8-3-9-17-21;2*1-2-4-5-3-1;/h1-9,11-12,14-16H;2*1-5H;/q-2;-5;-1;. The molecule has 0 aromatic heterocycles. The van der Waals surface area contributed by atoms with Gasteiger partial charge in [-0.05, 0) is 0 Å². The fourth-order valence-electron chi connectivity index (χ4n) is 2.78. The molecule has 0 heterocycles. The first-order valence-electron chi connectivity index (χ1n) is 10.5. The number of rotatable bonds is 3. The van der Waals surface area contributed by atoms with Crippen molar-refractivity contribution in [3.8, 4) is 0 Å². The summed E-state index contributed by atoms with van der Waals surface area (Å²) < 4.78 is 0. The van der Waals surface area contributed by atoms with Crippen LogP contribution in [0.4, 0.5) is 0 Å². The molecule has 0 unspecified atom stereocenters. The smallest absolute Gasteiger partial charge is 0 e. The zero-order valence-electron chi connectivity index (χ0n) is 18.4. The summed E-state index contributed by atoms with van der Waals surface area (Å²) >= 11 is 0. The first kappa shape index (κ1) is 25.8. The summed E-state index contributed by atoms with van der Waals surface area (Å²) in [5.74, 6) is 0. The molecule has 5 aromatic carbocycles. The molecule has 0 aliphatic rings. The summed E-state index contributed by atoms with van der Waals surface area (Å²) in [5.41, 5.74) is 10.3. The average molecular weight is 500 g/mol. The Balaban J connectivity index is 0.000000288. The maximum Gasteiger partial charge on any atom is 0 e. The van der Waals surface area contributed by atoms with E-state index in [2.05, 4.69) is 35.7 Å². The first-order chi connectivity index (χ1) is 15.9. The molecule has 0 aliphatic carbocycles. The zero-order valence-corrected chi connectivity index (χ0v) is 20.8. The third-order valence-corrected chi connectivity index (χ3v) is 4.32. The molecular formula is C32H24Zr-8. The van der Waals surface area contributed by atoms with Crippen molar-refractivity contribution < 1.29 is 26.2 Å². The van der Waals surface area contributed by atoms with Gasteiger partial charge in [0.2, 0.25) is 0 Å². The van der Waals surface area contributed by atoms with Crippen LogP contribution in [0.25, 0.3) is 5.57 Å². The molecule has 5 rings (SSSR count). The Kier molecular flexibility index (Phi) is 12.7. The SMILES string of the molecule is C(=C=C(c1[c-]cccc1)c1ccccc1)=[C-]c1ccccc1.[Zr].[cH-]1[cH-][cH-][cH-][cH-]1.c1cc[cH-]c1. The van der Waals surface area contributed by atoms with Gasteiger partial charge in [-0.3, -0.25) is 0 Å². The van der Waals surface area contributed by atoms with Crippen LogP contribution in [0.1, 0.15) is 16.7 Å². The van der Waals surface area contributed by atoms with Crippen LogP contribution >= 0.6 is 0 Å². The molecule has 1 heteroatoms. The zero-order chi connectivity index (χ0) is 22.1. The van der Waals surface area contributed by atoms with Gasteiger partial charge in [0, 0.05) is 26.2 Å². The summed E-state index contributed by atoms with van der Waals surface area (Å²) in [6.45, 7) is 0.